The third-order valence-corrected chi connectivity index (χ3v) is 4.18. The molecule has 2 aromatic carbocycles. The number of halogens is 10. The minimum absolute atomic E-state index is 0.0216. The molecule has 0 aliphatic carbocycles. The van der Waals surface area contributed by atoms with E-state index in [1.165, 1.54) is 0 Å². The molecule has 0 saturated heterocycles. The van der Waals surface area contributed by atoms with Crippen molar-refractivity contribution in [2.75, 3.05) is 11.4 Å². The summed E-state index contributed by atoms with van der Waals surface area (Å²) in [7, 11) is 0. The predicted octanol–water partition coefficient (Wildman–Crippen LogP) is 4.47. The van der Waals surface area contributed by atoms with Crippen LogP contribution in [-0.4, -0.2) is 29.6 Å². The minimum Gasteiger partial charge on any atom is -0.480 e. The summed E-state index contributed by atoms with van der Waals surface area (Å²) in [4.78, 5) is 22.5. The van der Waals surface area contributed by atoms with E-state index in [2.05, 4.69) is 4.74 Å². The van der Waals surface area contributed by atoms with Gasteiger partial charge >= 0.3 is 24.2 Å². The van der Waals surface area contributed by atoms with Gasteiger partial charge in [0.25, 0.3) is 0 Å². The molecule has 5 nitrogen and oxygen atoms in total. The van der Waals surface area contributed by atoms with Crippen molar-refractivity contribution in [3.05, 3.63) is 46.8 Å². The highest BCUT2D eigenvalue weighted by atomic mass is 19.4. The van der Waals surface area contributed by atoms with Crippen LogP contribution in [-0.2, 0) is 15.8 Å². The molecule has 1 heterocycles. The summed E-state index contributed by atoms with van der Waals surface area (Å²) in [5, 5.41) is 8.81. The molecular formula is C17H5F10NO4. The summed E-state index contributed by atoms with van der Waals surface area (Å²) in [5.74, 6) is -18.5. The smallest absolute Gasteiger partial charge is 0.480 e. The number of hydrogen-bond donors (Lipinski definition) is 1. The van der Waals surface area contributed by atoms with Crippen LogP contribution in [0.15, 0.2) is 12.1 Å². The van der Waals surface area contributed by atoms with Crippen molar-refractivity contribution in [2.24, 2.45) is 0 Å². The monoisotopic (exact) mass is 477 g/mol. The Morgan fingerprint density at radius 1 is 1.00 bits per heavy atom. The van der Waals surface area contributed by atoms with Gasteiger partial charge in [0.2, 0.25) is 0 Å². The fourth-order valence-corrected chi connectivity index (χ4v) is 2.89. The third-order valence-electron chi connectivity index (χ3n) is 4.18. The van der Waals surface area contributed by atoms with E-state index >= 15 is 0 Å². The Morgan fingerprint density at radius 2 is 1.53 bits per heavy atom. The van der Waals surface area contributed by atoms with Gasteiger partial charge in [-0.05, 0) is 6.07 Å². The Hall–Kier alpha value is -3.52. The second-order valence-electron chi connectivity index (χ2n) is 6.21. The summed E-state index contributed by atoms with van der Waals surface area (Å²) < 4.78 is 140. The van der Waals surface area contributed by atoms with E-state index in [1.807, 2.05) is 0 Å². The molecule has 2 aromatic rings. The quantitative estimate of drug-likeness (QED) is 0.524. The van der Waals surface area contributed by atoms with Gasteiger partial charge < -0.3 is 9.84 Å². The summed E-state index contributed by atoms with van der Waals surface area (Å²) >= 11 is 0. The van der Waals surface area contributed by atoms with Gasteiger partial charge in [-0.15, -0.1) is 0 Å². The summed E-state index contributed by atoms with van der Waals surface area (Å²) in [6.07, 6.45) is -10.6. The maximum Gasteiger partial charge on any atom is 0.482 e. The van der Waals surface area contributed by atoms with Gasteiger partial charge in [0.05, 0.1) is 11.3 Å². The van der Waals surface area contributed by atoms with Crippen molar-refractivity contribution in [2.45, 2.75) is 12.3 Å². The van der Waals surface area contributed by atoms with E-state index < -0.39 is 87.9 Å². The molecule has 1 N–H and O–H groups in total. The first kappa shape index (κ1) is 23.1. The fourth-order valence-electron chi connectivity index (χ4n) is 2.89. The zero-order valence-electron chi connectivity index (χ0n) is 14.8. The first-order chi connectivity index (χ1) is 14.6. The first-order valence-corrected chi connectivity index (χ1v) is 7.95. The maximum absolute atomic E-state index is 14.4. The molecule has 0 bridgehead atoms. The average Bonchev–Trinajstić information content (AvgIpc) is 2.63. The number of carboxylic acid groups (broad SMARTS) is 1. The van der Waals surface area contributed by atoms with Crippen LogP contribution < -0.4 is 9.64 Å². The Morgan fingerprint density at radius 3 is 2.00 bits per heavy atom. The molecule has 0 unspecified atom stereocenters. The number of alkyl halides is 5. The van der Waals surface area contributed by atoms with Crippen LogP contribution in [0.25, 0.3) is 11.1 Å². The second kappa shape index (κ2) is 7.27. The number of carbonyl (C=O) groups excluding carboxylic acids is 1. The molecule has 1 aliphatic heterocycles. The summed E-state index contributed by atoms with van der Waals surface area (Å²) in [6.45, 7) is -1.49. The van der Waals surface area contributed by atoms with Gasteiger partial charge in [-0.25, -0.2) is 22.0 Å². The number of fused-ring (bicyclic) bond motifs is 1. The number of ether oxygens (including phenoxy) is 1. The molecule has 0 atom stereocenters. The van der Waals surface area contributed by atoms with Crippen molar-refractivity contribution >= 4 is 17.6 Å². The molecule has 172 valence electrons. The minimum atomic E-state index is -5.88. The molecule has 0 spiro atoms. The molecule has 1 amide bonds. The number of carboxylic acids is 1. The number of aliphatic carboxylic acids is 1. The van der Waals surface area contributed by atoms with Gasteiger partial charge in [0.1, 0.15) is 17.9 Å². The normalized spacial score (nSPS) is 15.4. The Bertz CT molecular complexity index is 1130. The van der Waals surface area contributed by atoms with Crippen LogP contribution in [0.4, 0.5) is 49.6 Å². The molecule has 0 fully saturated rings. The average molecular weight is 477 g/mol. The van der Waals surface area contributed by atoms with Gasteiger partial charge in [0.15, 0.2) is 29.0 Å². The van der Waals surface area contributed by atoms with E-state index in [0.717, 1.165) is 0 Å². The molecule has 32 heavy (non-hydrogen) atoms. The van der Waals surface area contributed by atoms with Crippen molar-refractivity contribution in [3.8, 4) is 16.9 Å². The van der Waals surface area contributed by atoms with Crippen LogP contribution in [0, 0.1) is 29.1 Å². The highest BCUT2D eigenvalue weighted by Gasteiger charge is 2.51. The van der Waals surface area contributed by atoms with E-state index in [4.69, 9.17) is 5.11 Å². The molecule has 15 heteroatoms. The van der Waals surface area contributed by atoms with Gasteiger partial charge in [0, 0.05) is 11.6 Å². The highest BCUT2D eigenvalue weighted by Crippen LogP contribution is 2.45. The number of amides is 1. The molecular weight excluding hydrogens is 472 g/mol. The Kier molecular flexibility index (Phi) is 5.26. The van der Waals surface area contributed by atoms with Crippen LogP contribution in [0.5, 0.6) is 5.75 Å². The number of anilines is 1. The SMILES string of the molecule is O=C(O)CN1C(=O)C(F)(F)Oc2cc(F)c(-c3c(F)c(F)c(C(F)(F)F)c(F)c3F)cc21. The Balaban J connectivity index is 2.32. The number of nitrogens with zero attached hydrogens (tertiary/aromatic N) is 1. The second-order valence-corrected chi connectivity index (χ2v) is 6.21. The van der Waals surface area contributed by atoms with Crippen molar-refractivity contribution in [1.82, 2.24) is 0 Å². The number of carbonyl (C=O) groups is 2. The predicted molar refractivity (Wildman–Crippen MR) is 82.2 cm³/mol. The molecule has 0 saturated carbocycles. The molecule has 0 radical (unpaired) electrons. The van der Waals surface area contributed by atoms with E-state index in [1.54, 1.807) is 0 Å². The maximum atomic E-state index is 14.4. The van der Waals surface area contributed by atoms with Crippen molar-refractivity contribution in [3.63, 3.8) is 0 Å². The lowest BCUT2D eigenvalue weighted by molar-refractivity contribution is -0.193. The van der Waals surface area contributed by atoms with Crippen molar-refractivity contribution in [1.29, 1.82) is 0 Å². The highest BCUT2D eigenvalue weighted by molar-refractivity contribution is 6.04. The first-order valence-electron chi connectivity index (χ1n) is 7.95. The topological polar surface area (TPSA) is 66.8 Å². The molecule has 1 aliphatic rings. The number of hydrogen-bond acceptors (Lipinski definition) is 3. The largest absolute Gasteiger partial charge is 0.482 e. The zero-order valence-corrected chi connectivity index (χ0v) is 14.8. The lowest BCUT2D eigenvalue weighted by atomic mass is 9.98. The van der Waals surface area contributed by atoms with Crippen molar-refractivity contribution < 1.29 is 63.3 Å². The van der Waals surface area contributed by atoms with Gasteiger partial charge in [-0.2, -0.15) is 22.0 Å². The third kappa shape index (κ3) is 3.56. The van der Waals surface area contributed by atoms with Gasteiger partial charge in [-0.3, -0.25) is 14.5 Å². The number of rotatable bonds is 3. The van der Waals surface area contributed by atoms with Gasteiger partial charge in [-0.1, -0.05) is 0 Å². The Labute approximate surface area is 169 Å². The fraction of sp³-hybridized carbons (Fsp3) is 0.176. The lowest BCUT2D eigenvalue weighted by Gasteiger charge is -2.33. The summed E-state index contributed by atoms with van der Waals surface area (Å²) in [6, 6.07) is 0.0978. The van der Waals surface area contributed by atoms with Crippen LogP contribution in [0.1, 0.15) is 5.56 Å². The lowest BCUT2D eigenvalue weighted by Crippen LogP contribution is -2.52. The van der Waals surface area contributed by atoms with Crippen LogP contribution in [0.2, 0.25) is 0 Å². The standard InChI is InChI=1S/C17H5F10NO4/c18-5-2-7-6(28(3-8(29)30)15(31)17(26,27)32-7)1-4(5)9-11(19)13(21)10(16(23,24)25)14(22)12(9)20/h1-2H,3H2,(H,29,30). The molecule has 3 rings (SSSR count). The van der Waals surface area contributed by atoms with Crippen LogP contribution in [0.3, 0.4) is 0 Å². The summed E-state index contributed by atoms with van der Waals surface area (Å²) in [5.41, 5.74) is -7.48. The van der Waals surface area contributed by atoms with E-state index in [0.29, 0.717) is 0 Å². The van der Waals surface area contributed by atoms with E-state index in [-0.39, 0.29) is 17.0 Å². The molecule has 0 aromatic heterocycles. The van der Waals surface area contributed by atoms with Crippen LogP contribution >= 0.6 is 0 Å². The zero-order chi connectivity index (χ0) is 24.3. The van der Waals surface area contributed by atoms with E-state index in [9.17, 15) is 53.5 Å². The number of benzene rings is 2.